The maximum atomic E-state index is 11.9. The summed E-state index contributed by atoms with van der Waals surface area (Å²) in [6.45, 7) is 8.29. The average molecular weight is 607 g/mol. The largest absolute Gasteiger partial charge is 0.329 e. The average Bonchev–Trinajstić information content (AvgIpc) is 3.22. The molecule has 4 N–H and O–H groups in total. The Morgan fingerprint density at radius 1 is 0.905 bits per heavy atom. The molecule has 0 amide bonds. The fourth-order valence-electron chi connectivity index (χ4n) is 4.53. The van der Waals surface area contributed by atoms with E-state index in [-0.39, 0.29) is 22.7 Å². The van der Waals surface area contributed by atoms with Gasteiger partial charge in [0, 0.05) is 37.4 Å². The first-order valence-electron chi connectivity index (χ1n) is 13.1. The predicted octanol–water partition coefficient (Wildman–Crippen LogP) is 6.29. The van der Waals surface area contributed by atoms with E-state index in [1.165, 1.54) is 11.6 Å². The maximum Gasteiger partial charge on any atom is 0.238 e. The maximum absolute atomic E-state index is 11.9. The van der Waals surface area contributed by atoms with Crippen molar-refractivity contribution in [3.8, 4) is 0 Å². The monoisotopic (exact) mass is 606 g/mol. The number of nitrogens with two attached hydrogens (primary N) is 1. The Morgan fingerprint density at radius 2 is 1.60 bits per heavy atom. The van der Waals surface area contributed by atoms with E-state index in [4.69, 9.17) is 10.1 Å². The molecule has 2 aromatic heterocycles. The van der Waals surface area contributed by atoms with Crippen LogP contribution in [0.15, 0.2) is 77.8 Å². The number of nitrogens with one attached hydrogen (secondary N) is 2. The van der Waals surface area contributed by atoms with Gasteiger partial charge in [-0.25, -0.2) is 23.5 Å². The van der Waals surface area contributed by atoms with Crippen LogP contribution in [0.5, 0.6) is 0 Å². The van der Waals surface area contributed by atoms with Crippen molar-refractivity contribution in [2.24, 2.45) is 12.2 Å². The summed E-state index contributed by atoms with van der Waals surface area (Å²) in [6.07, 6.45) is 1.64. The van der Waals surface area contributed by atoms with Gasteiger partial charge in [-0.2, -0.15) is 4.98 Å². The summed E-state index contributed by atoms with van der Waals surface area (Å²) in [6, 6.07) is 21.2. The first-order valence-corrected chi connectivity index (χ1v) is 14.7. The lowest BCUT2D eigenvalue weighted by Crippen LogP contribution is -2.14. The van der Waals surface area contributed by atoms with E-state index < -0.39 is 10.0 Å². The summed E-state index contributed by atoms with van der Waals surface area (Å²) in [5.41, 5.74) is 6.15. The molecule has 0 saturated carbocycles. The van der Waals surface area contributed by atoms with E-state index in [9.17, 15) is 8.42 Å². The minimum Gasteiger partial charge on any atom is -0.329 e. The molecule has 3 aromatic carbocycles. The standard InChI is InChI=1S/C30H34N8O2S.ClH/c1-19-7-10-22(17-26(19)41(31,39)40)33-28-32-16-15-27(36-28)37(5)23-13-14-25-24(18-23)35-29(38(25)6)34-21-11-8-20(9-12-21)30(2,3)4;/h7-18H,1-6H3,(H,34,35)(H2,31,39,40)(H,32,33,36);1H. The van der Waals surface area contributed by atoms with Gasteiger partial charge in [0.1, 0.15) is 5.82 Å². The highest BCUT2D eigenvalue weighted by molar-refractivity contribution is 7.89. The fraction of sp³-hybridized carbons (Fsp3) is 0.233. The van der Waals surface area contributed by atoms with Gasteiger partial charge in [0.05, 0.1) is 15.9 Å². The summed E-state index contributed by atoms with van der Waals surface area (Å²) in [7, 11) is 0.0477. The highest BCUT2D eigenvalue weighted by atomic mass is 35.5. The molecular formula is C30H35ClN8O2S. The molecule has 42 heavy (non-hydrogen) atoms. The number of imidazole rings is 1. The second kappa shape index (κ2) is 11.6. The summed E-state index contributed by atoms with van der Waals surface area (Å²) in [5, 5.41) is 11.9. The number of anilines is 6. The van der Waals surface area contributed by atoms with Gasteiger partial charge in [0.15, 0.2) is 0 Å². The zero-order chi connectivity index (χ0) is 29.5. The number of rotatable bonds is 7. The zero-order valence-corrected chi connectivity index (χ0v) is 26.0. The van der Waals surface area contributed by atoms with Crippen LogP contribution in [0.2, 0.25) is 0 Å². The predicted molar refractivity (Wildman–Crippen MR) is 172 cm³/mol. The number of aryl methyl sites for hydroxylation is 2. The van der Waals surface area contributed by atoms with Crippen molar-refractivity contribution in [1.29, 1.82) is 0 Å². The van der Waals surface area contributed by atoms with Crippen molar-refractivity contribution >= 4 is 68.2 Å². The molecule has 2 heterocycles. The molecule has 0 fully saturated rings. The lowest BCUT2D eigenvalue weighted by atomic mass is 9.87. The van der Waals surface area contributed by atoms with E-state index >= 15 is 0 Å². The van der Waals surface area contributed by atoms with Crippen LogP contribution in [0.4, 0.5) is 34.8 Å². The number of hydrogen-bond acceptors (Lipinski definition) is 8. The van der Waals surface area contributed by atoms with Gasteiger partial charge in [-0.3, -0.25) is 0 Å². The van der Waals surface area contributed by atoms with Gasteiger partial charge < -0.3 is 20.1 Å². The molecule has 0 spiro atoms. The number of fused-ring (bicyclic) bond motifs is 1. The van der Waals surface area contributed by atoms with E-state index in [0.717, 1.165) is 28.4 Å². The van der Waals surface area contributed by atoms with Crippen molar-refractivity contribution in [1.82, 2.24) is 19.5 Å². The normalized spacial score (nSPS) is 11.7. The number of nitrogens with zero attached hydrogens (tertiary/aromatic N) is 5. The molecule has 12 heteroatoms. The molecule has 0 aliphatic rings. The molecular weight excluding hydrogens is 572 g/mol. The summed E-state index contributed by atoms with van der Waals surface area (Å²) < 4.78 is 25.9. The zero-order valence-electron chi connectivity index (χ0n) is 24.4. The third-order valence-electron chi connectivity index (χ3n) is 6.99. The van der Waals surface area contributed by atoms with Crippen LogP contribution in [0.25, 0.3) is 11.0 Å². The molecule has 0 aliphatic carbocycles. The number of aromatic nitrogens is 4. The number of hydrogen-bond donors (Lipinski definition) is 3. The van der Waals surface area contributed by atoms with Crippen LogP contribution >= 0.6 is 12.4 Å². The number of halogens is 1. The van der Waals surface area contributed by atoms with Crippen LogP contribution in [0.3, 0.4) is 0 Å². The van der Waals surface area contributed by atoms with E-state index in [2.05, 4.69) is 65.6 Å². The van der Waals surface area contributed by atoms with Crippen molar-refractivity contribution in [2.45, 2.75) is 38.0 Å². The molecule has 0 aliphatic heterocycles. The van der Waals surface area contributed by atoms with E-state index in [0.29, 0.717) is 23.0 Å². The Labute approximate surface area is 252 Å². The fourth-order valence-corrected chi connectivity index (χ4v) is 5.34. The topological polar surface area (TPSA) is 131 Å². The Morgan fingerprint density at radius 3 is 2.26 bits per heavy atom. The molecule has 0 unspecified atom stereocenters. The Hall–Kier alpha value is -4.19. The minimum atomic E-state index is -3.85. The Balaban J connectivity index is 0.00000405. The SMILES string of the molecule is Cc1ccc(Nc2nccc(N(C)c3ccc4c(c3)nc(Nc3ccc(C(C)(C)C)cc3)n4C)n2)cc1S(N)(=O)=O.Cl. The van der Waals surface area contributed by atoms with E-state index in [1.54, 1.807) is 31.3 Å². The quantitative estimate of drug-likeness (QED) is 0.197. The van der Waals surface area contributed by atoms with E-state index in [1.807, 2.05) is 41.8 Å². The van der Waals surface area contributed by atoms with Crippen LogP contribution in [-0.2, 0) is 22.5 Å². The minimum absolute atomic E-state index is 0. The van der Waals surface area contributed by atoms with Gasteiger partial charge in [0.2, 0.25) is 21.9 Å². The highest BCUT2D eigenvalue weighted by Gasteiger charge is 2.16. The van der Waals surface area contributed by atoms with Crippen LogP contribution < -0.4 is 20.7 Å². The van der Waals surface area contributed by atoms with Gasteiger partial charge in [-0.1, -0.05) is 39.0 Å². The molecule has 10 nitrogen and oxygen atoms in total. The first-order chi connectivity index (χ1) is 19.3. The van der Waals surface area contributed by atoms with Crippen molar-refractivity contribution in [3.63, 3.8) is 0 Å². The van der Waals surface area contributed by atoms with Crippen molar-refractivity contribution in [3.05, 3.63) is 84.1 Å². The van der Waals surface area contributed by atoms with Crippen LogP contribution in [0, 0.1) is 6.92 Å². The van der Waals surface area contributed by atoms with Crippen molar-refractivity contribution < 1.29 is 8.42 Å². The van der Waals surface area contributed by atoms with Gasteiger partial charge in [-0.15, -0.1) is 12.4 Å². The lowest BCUT2D eigenvalue weighted by molar-refractivity contribution is 0.590. The number of sulfonamides is 1. The molecule has 0 saturated heterocycles. The summed E-state index contributed by atoms with van der Waals surface area (Å²) in [4.78, 5) is 15.8. The van der Waals surface area contributed by atoms with Crippen molar-refractivity contribution in [2.75, 3.05) is 22.6 Å². The first kappa shape index (κ1) is 30.8. The van der Waals surface area contributed by atoms with Crippen LogP contribution in [0.1, 0.15) is 31.9 Å². The van der Waals surface area contributed by atoms with Gasteiger partial charge in [0.25, 0.3) is 0 Å². The summed E-state index contributed by atoms with van der Waals surface area (Å²) in [5.74, 6) is 1.71. The van der Waals surface area contributed by atoms with Crippen LogP contribution in [-0.4, -0.2) is 35.0 Å². The molecule has 0 bridgehead atoms. The second-order valence-electron chi connectivity index (χ2n) is 11.1. The molecule has 0 atom stereocenters. The van der Waals surface area contributed by atoms with Gasteiger partial charge in [-0.05, 0) is 72.0 Å². The molecule has 220 valence electrons. The summed E-state index contributed by atoms with van der Waals surface area (Å²) >= 11 is 0. The Kier molecular flexibility index (Phi) is 8.49. The molecule has 5 aromatic rings. The highest BCUT2D eigenvalue weighted by Crippen LogP contribution is 2.30. The lowest BCUT2D eigenvalue weighted by Gasteiger charge is -2.19. The molecule has 0 radical (unpaired) electrons. The molecule has 5 rings (SSSR count). The third-order valence-corrected chi connectivity index (χ3v) is 8.05. The number of primary sulfonamides is 1. The second-order valence-corrected chi connectivity index (χ2v) is 12.6. The third kappa shape index (κ3) is 6.48. The Bertz CT molecular complexity index is 1850. The number of benzene rings is 3. The van der Waals surface area contributed by atoms with Gasteiger partial charge >= 0.3 is 0 Å². The smallest absolute Gasteiger partial charge is 0.238 e.